The molecular formula is C16H30N2O3. The lowest BCUT2D eigenvalue weighted by atomic mass is 9.87. The molecule has 0 bridgehead atoms. The van der Waals surface area contributed by atoms with Gasteiger partial charge in [0.2, 0.25) is 5.91 Å². The minimum atomic E-state index is -0.701. The Bertz CT molecular complexity index is 334. The van der Waals surface area contributed by atoms with Crippen molar-refractivity contribution >= 4 is 5.91 Å². The lowest BCUT2D eigenvalue weighted by Crippen LogP contribution is -2.49. The lowest BCUT2D eigenvalue weighted by Gasteiger charge is -2.35. The summed E-state index contributed by atoms with van der Waals surface area (Å²) in [7, 11) is 1.90. The molecule has 0 aromatic heterocycles. The van der Waals surface area contributed by atoms with Gasteiger partial charge in [-0.2, -0.15) is 0 Å². The monoisotopic (exact) mass is 298 g/mol. The Balaban J connectivity index is 1.69. The minimum Gasteiger partial charge on any atom is -0.388 e. The molecule has 1 saturated carbocycles. The Morgan fingerprint density at radius 2 is 1.90 bits per heavy atom. The van der Waals surface area contributed by atoms with Crippen LogP contribution in [0.2, 0.25) is 0 Å². The molecule has 1 heterocycles. The van der Waals surface area contributed by atoms with E-state index in [2.05, 4.69) is 12.2 Å². The summed E-state index contributed by atoms with van der Waals surface area (Å²) in [5.41, 5.74) is -0.701. The molecule has 0 radical (unpaired) electrons. The van der Waals surface area contributed by atoms with E-state index in [0.717, 1.165) is 18.8 Å². The zero-order valence-corrected chi connectivity index (χ0v) is 13.4. The zero-order valence-electron chi connectivity index (χ0n) is 13.4. The second-order valence-electron chi connectivity index (χ2n) is 7.03. The van der Waals surface area contributed by atoms with Crippen molar-refractivity contribution in [2.75, 3.05) is 33.4 Å². The molecule has 5 nitrogen and oxygen atoms in total. The van der Waals surface area contributed by atoms with E-state index in [1.165, 1.54) is 12.8 Å². The van der Waals surface area contributed by atoms with Crippen molar-refractivity contribution in [1.29, 1.82) is 0 Å². The molecule has 2 aliphatic rings. The molecule has 2 N–H and O–H groups in total. The first kappa shape index (κ1) is 16.7. The highest BCUT2D eigenvalue weighted by atomic mass is 16.5. The Morgan fingerprint density at radius 3 is 2.52 bits per heavy atom. The largest absolute Gasteiger partial charge is 0.388 e. The van der Waals surface area contributed by atoms with Gasteiger partial charge in [0.15, 0.2) is 0 Å². The predicted octanol–water partition coefficient (Wildman–Crippen LogP) is 1.15. The number of nitrogens with zero attached hydrogens (tertiary/aromatic N) is 1. The van der Waals surface area contributed by atoms with Crippen LogP contribution in [-0.4, -0.2) is 60.9 Å². The number of carbonyl (C=O) groups is 1. The lowest BCUT2D eigenvalue weighted by molar-refractivity contribution is -0.124. The normalized spacial score (nSPS) is 29.3. The maximum absolute atomic E-state index is 12.1. The van der Waals surface area contributed by atoms with Gasteiger partial charge in [0.05, 0.1) is 12.1 Å². The van der Waals surface area contributed by atoms with Gasteiger partial charge in [0.25, 0.3) is 0 Å². The summed E-state index contributed by atoms with van der Waals surface area (Å²) in [5.74, 6) is 0.872. The number of nitrogens with one attached hydrogen (secondary N) is 1. The molecule has 1 saturated heterocycles. The molecule has 0 atom stereocenters. The molecule has 21 heavy (non-hydrogen) atoms. The topological polar surface area (TPSA) is 61.8 Å². The summed E-state index contributed by atoms with van der Waals surface area (Å²) in [4.78, 5) is 14.0. The summed E-state index contributed by atoms with van der Waals surface area (Å²) in [5, 5.41) is 13.6. The van der Waals surface area contributed by atoms with Crippen molar-refractivity contribution < 1.29 is 14.6 Å². The standard InChI is InChI=1S/C16H30N2O3/c1-13-3-5-14(6-4-13)17-15(19)11-18(2)12-16(20)7-9-21-10-8-16/h13-14,20H,3-12H2,1-2H3,(H,17,19). The van der Waals surface area contributed by atoms with E-state index in [9.17, 15) is 9.90 Å². The van der Waals surface area contributed by atoms with Crippen LogP contribution in [0, 0.1) is 5.92 Å². The highest BCUT2D eigenvalue weighted by Gasteiger charge is 2.31. The third-order valence-electron chi connectivity index (χ3n) is 4.78. The number of hydrogen-bond acceptors (Lipinski definition) is 4. The first-order chi connectivity index (χ1) is 9.97. The Morgan fingerprint density at radius 1 is 1.29 bits per heavy atom. The van der Waals surface area contributed by atoms with E-state index in [0.29, 0.717) is 45.2 Å². The van der Waals surface area contributed by atoms with Gasteiger partial charge in [0.1, 0.15) is 0 Å². The van der Waals surface area contributed by atoms with Crippen LogP contribution in [0.5, 0.6) is 0 Å². The maximum Gasteiger partial charge on any atom is 0.234 e. The molecule has 5 heteroatoms. The average Bonchev–Trinajstić information content (AvgIpc) is 2.41. The van der Waals surface area contributed by atoms with Crippen LogP contribution in [0.4, 0.5) is 0 Å². The fourth-order valence-electron chi connectivity index (χ4n) is 3.39. The Hall–Kier alpha value is -0.650. The summed E-state index contributed by atoms with van der Waals surface area (Å²) in [6, 6.07) is 0.341. The quantitative estimate of drug-likeness (QED) is 0.799. The van der Waals surface area contributed by atoms with E-state index in [-0.39, 0.29) is 5.91 Å². The molecule has 0 spiro atoms. The van der Waals surface area contributed by atoms with Gasteiger partial charge in [-0.1, -0.05) is 6.92 Å². The minimum absolute atomic E-state index is 0.0766. The van der Waals surface area contributed by atoms with Gasteiger partial charge in [-0.3, -0.25) is 9.69 Å². The molecule has 2 rings (SSSR count). The van der Waals surface area contributed by atoms with E-state index < -0.39 is 5.60 Å². The number of rotatable bonds is 5. The zero-order chi connectivity index (χ0) is 15.3. The number of hydrogen-bond donors (Lipinski definition) is 2. The molecule has 1 aliphatic heterocycles. The average molecular weight is 298 g/mol. The first-order valence-corrected chi connectivity index (χ1v) is 8.25. The van der Waals surface area contributed by atoms with Gasteiger partial charge in [-0.15, -0.1) is 0 Å². The predicted molar refractivity (Wildman–Crippen MR) is 82.1 cm³/mol. The second-order valence-corrected chi connectivity index (χ2v) is 7.03. The van der Waals surface area contributed by atoms with Crippen molar-refractivity contribution in [3.8, 4) is 0 Å². The number of ether oxygens (including phenoxy) is 1. The Labute approximate surface area is 128 Å². The molecule has 0 aromatic carbocycles. The fraction of sp³-hybridized carbons (Fsp3) is 0.938. The van der Waals surface area contributed by atoms with Crippen molar-refractivity contribution in [3.05, 3.63) is 0 Å². The van der Waals surface area contributed by atoms with Crippen LogP contribution in [0.15, 0.2) is 0 Å². The van der Waals surface area contributed by atoms with E-state index in [1.807, 2.05) is 11.9 Å². The number of carbonyl (C=O) groups excluding carboxylic acids is 1. The summed E-state index contributed by atoms with van der Waals surface area (Å²) < 4.78 is 5.28. The molecule has 122 valence electrons. The van der Waals surface area contributed by atoms with Crippen molar-refractivity contribution in [3.63, 3.8) is 0 Å². The van der Waals surface area contributed by atoms with Crippen molar-refractivity contribution in [1.82, 2.24) is 10.2 Å². The van der Waals surface area contributed by atoms with Gasteiger partial charge in [0, 0.05) is 38.6 Å². The molecule has 0 unspecified atom stereocenters. The van der Waals surface area contributed by atoms with Gasteiger partial charge >= 0.3 is 0 Å². The van der Waals surface area contributed by atoms with Gasteiger partial charge < -0.3 is 15.2 Å². The van der Waals surface area contributed by atoms with Crippen LogP contribution >= 0.6 is 0 Å². The Kier molecular flexibility index (Phi) is 6.02. The SMILES string of the molecule is CC1CCC(NC(=O)CN(C)CC2(O)CCOCC2)CC1. The summed E-state index contributed by atoms with van der Waals surface area (Å²) in [6.45, 7) is 4.38. The molecule has 1 amide bonds. The number of likely N-dealkylation sites (N-methyl/N-ethyl adjacent to an activating group) is 1. The van der Waals surface area contributed by atoms with Crippen LogP contribution in [0.25, 0.3) is 0 Å². The smallest absolute Gasteiger partial charge is 0.234 e. The molecule has 0 aromatic rings. The van der Waals surface area contributed by atoms with Gasteiger partial charge in [-0.25, -0.2) is 0 Å². The number of aliphatic hydroxyl groups is 1. The van der Waals surface area contributed by atoms with Crippen LogP contribution < -0.4 is 5.32 Å². The van der Waals surface area contributed by atoms with E-state index >= 15 is 0 Å². The van der Waals surface area contributed by atoms with Crippen molar-refractivity contribution in [2.45, 2.75) is 57.1 Å². The molecular weight excluding hydrogens is 268 g/mol. The van der Waals surface area contributed by atoms with Crippen LogP contribution in [0.1, 0.15) is 45.4 Å². The molecule has 1 aliphatic carbocycles. The highest BCUT2D eigenvalue weighted by molar-refractivity contribution is 5.78. The molecule has 2 fully saturated rings. The maximum atomic E-state index is 12.1. The fourth-order valence-corrected chi connectivity index (χ4v) is 3.39. The van der Waals surface area contributed by atoms with Crippen molar-refractivity contribution in [2.24, 2.45) is 5.92 Å². The second kappa shape index (κ2) is 7.56. The van der Waals surface area contributed by atoms with Gasteiger partial charge in [-0.05, 0) is 38.6 Å². The summed E-state index contributed by atoms with van der Waals surface area (Å²) >= 11 is 0. The number of amides is 1. The van der Waals surface area contributed by atoms with E-state index in [1.54, 1.807) is 0 Å². The first-order valence-electron chi connectivity index (χ1n) is 8.25. The van der Waals surface area contributed by atoms with E-state index in [4.69, 9.17) is 4.74 Å². The summed E-state index contributed by atoms with van der Waals surface area (Å²) in [6.07, 6.45) is 5.91. The highest BCUT2D eigenvalue weighted by Crippen LogP contribution is 2.23. The van der Waals surface area contributed by atoms with Crippen LogP contribution in [-0.2, 0) is 9.53 Å². The third-order valence-corrected chi connectivity index (χ3v) is 4.78. The third kappa shape index (κ3) is 5.57. The van der Waals surface area contributed by atoms with Crippen LogP contribution in [0.3, 0.4) is 0 Å².